The van der Waals surface area contributed by atoms with Crippen molar-refractivity contribution in [1.82, 2.24) is 5.32 Å². The smallest absolute Gasteiger partial charge is 0.337 e. The molecule has 1 aromatic rings. The third-order valence-electron chi connectivity index (χ3n) is 3.36. The van der Waals surface area contributed by atoms with E-state index >= 15 is 0 Å². The van der Waals surface area contributed by atoms with E-state index in [1.54, 1.807) is 0 Å². The summed E-state index contributed by atoms with van der Waals surface area (Å²) in [4.78, 5) is 36.8. The largest absolute Gasteiger partial charge is 0.465 e. The van der Waals surface area contributed by atoms with Crippen molar-refractivity contribution in [3.63, 3.8) is 0 Å². The Kier molecular flexibility index (Phi) is 7.03. The van der Waals surface area contributed by atoms with Crippen LogP contribution in [0, 0.1) is 0 Å². The zero-order valence-corrected chi connectivity index (χ0v) is 14.4. The number of nitrogens with one attached hydrogen (secondary N) is 1. The summed E-state index contributed by atoms with van der Waals surface area (Å²) in [6.45, 7) is 4.98. The third-order valence-corrected chi connectivity index (χ3v) is 3.68. The summed E-state index contributed by atoms with van der Waals surface area (Å²) in [6, 6.07) is 4.43. The number of nitrogens with zero attached hydrogens (tertiary/aromatic N) is 1. The Balaban J connectivity index is 3.08. The number of amides is 2. The number of methoxy groups -OCH3 is 1. The molecule has 23 heavy (non-hydrogen) atoms. The first-order valence-corrected chi connectivity index (χ1v) is 7.63. The first-order valence-electron chi connectivity index (χ1n) is 7.25. The SMILES string of the molecule is CCC(C)NC(=O)CN(C(C)=O)c1cc(C(=O)OC)ccc1Cl. The molecule has 2 amide bonds. The average molecular weight is 341 g/mol. The lowest BCUT2D eigenvalue weighted by atomic mass is 10.1. The molecular formula is C16H21ClN2O4. The molecule has 0 bridgehead atoms. The predicted molar refractivity (Wildman–Crippen MR) is 88.7 cm³/mol. The summed E-state index contributed by atoms with van der Waals surface area (Å²) in [5, 5.41) is 3.05. The maximum Gasteiger partial charge on any atom is 0.337 e. The van der Waals surface area contributed by atoms with Crippen LogP contribution in [0.25, 0.3) is 0 Å². The predicted octanol–water partition coefficient (Wildman–Crippen LogP) is 2.39. The molecule has 126 valence electrons. The van der Waals surface area contributed by atoms with Gasteiger partial charge in [-0.2, -0.15) is 0 Å². The number of esters is 1. The van der Waals surface area contributed by atoms with Gasteiger partial charge in [0.05, 0.1) is 23.4 Å². The van der Waals surface area contributed by atoms with Gasteiger partial charge < -0.3 is 15.0 Å². The first kappa shape index (κ1) is 19.0. The molecule has 1 atom stereocenters. The summed E-state index contributed by atoms with van der Waals surface area (Å²) in [6.07, 6.45) is 0.782. The summed E-state index contributed by atoms with van der Waals surface area (Å²) in [5.41, 5.74) is 0.543. The van der Waals surface area contributed by atoms with Gasteiger partial charge in [0.15, 0.2) is 0 Å². The molecule has 7 heteroatoms. The fourth-order valence-electron chi connectivity index (χ4n) is 1.90. The van der Waals surface area contributed by atoms with Crippen molar-refractivity contribution >= 4 is 35.1 Å². The Bertz CT molecular complexity index is 604. The molecule has 1 aromatic carbocycles. The molecule has 0 aliphatic heterocycles. The number of hydrogen-bond donors (Lipinski definition) is 1. The average Bonchev–Trinajstić information content (AvgIpc) is 2.52. The fourth-order valence-corrected chi connectivity index (χ4v) is 2.12. The number of ether oxygens (including phenoxy) is 1. The second-order valence-corrected chi connectivity index (χ2v) is 5.55. The number of halogens is 1. The standard InChI is InChI=1S/C16H21ClN2O4/c1-5-10(2)18-15(21)9-19(11(3)20)14-8-12(16(22)23-4)6-7-13(14)17/h6-8,10H,5,9H2,1-4H3,(H,18,21). The molecular weight excluding hydrogens is 320 g/mol. The van der Waals surface area contributed by atoms with Gasteiger partial charge in [0.25, 0.3) is 0 Å². The van der Waals surface area contributed by atoms with Gasteiger partial charge in [-0.1, -0.05) is 18.5 Å². The Morgan fingerprint density at radius 3 is 2.52 bits per heavy atom. The number of anilines is 1. The van der Waals surface area contributed by atoms with Gasteiger partial charge >= 0.3 is 5.97 Å². The summed E-state index contributed by atoms with van der Waals surface area (Å²) in [5.74, 6) is -1.20. The zero-order valence-electron chi connectivity index (χ0n) is 13.7. The number of carbonyl (C=O) groups is 3. The van der Waals surface area contributed by atoms with Gasteiger partial charge in [0, 0.05) is 13.0 Å². The Morgan fingerprint density at radius 2 is 2.00 bits per heavy atom. The van der Waals surface area contributed by atoms with Crippen molar-refractivity contribution < 1.29 is 19.1 Å². The van der Waals surface area contributed by atoms with Crippen LogP contribution in [-0.2, 0) is 14.3 Å². The molecule has 0 aliphatic carbocycles. The van der Waals surface area contributed by atoms with Gasteiger partial charge in [-0.05, 0) is 31.5 Å². The minimum atomic E-state index is -0.546. The quantitative estimate of drug-likeness (QED) is 0.807. The Labute approximate surface area is 140 Å². The number of benzene rings is 1. The molecule has 1 rings (SSSR count). The molecule has 0 saturated carbocycles. The maximum atomic E-state index is 12.0. The molecule has 0 heterocycles. The van der Waals surface area contributed by atoms with Crippen LogP contribution < -0.4 is 10.2 Å². The summed E-state index contributed by atoms with van der Waals surface area (Å²) >= 11 is 6.12. The monoisotopic (exact) mass is 340 g/mol. The van der Waals surface area contributed by atoms with E-state index < -0.39 is 5.97 Å². The van der Waals surface area contributed by atoms with Crippen LogP contribution in [0.2, 0.25) is 5.02 Å². The van der Waals surface area contributed by atoms with E-state index in [1.807, 2.05) is 13.8 Å². The van der Waals surface area contributed by atoms with E-state index in [4.69, 9.17) is 11.6 Å². The van der Waals surface area contributed by atoms with Crippen LogP contribution in [-0.4, -0.2) is 37.5 Å². The highest BCUT2D eigenvalue weighted by atomic mass is 35.5. The second kappa shape index (κ2) is 8.53. The van der Waals surface area contributed by atoms with Crippen LogP contribution in [0.15, 0.2) is 18.2 Å². The third kappa shape index (κ3) is 5.25. The minimum absolute atomic E-state index is 0.00758. The van der Waals surface area contributed by atoms with Crippen molar-refractivity contribution in [2.24, 2.45) is 0 Å². The van der Waals surface area contributed by atoms with Gasteiger partial charge in [-0.3, -0.25) is 9.59 Å². The highest BCUT2D eigenvalue weighted by molar-refractivity contribution is 6.34. The Hall–Kier alpha value is -2.08. The molecule has 0 aliphatic rings. The fraction of sp³-hybridized carbons (Fsp3) is 0.438. The van der Waals surface area contributed by atoms with E-state index in [0.29, 0.717) is 5.69 Å². The summed E-state index contributed by atoms with van der Waals surface area (Å²) in [7, 11) is 1.26. The molecule has 0 radical (unpaired) electrons. The molecule has 0 saturated heterocycles. The van der Waals surface area contributed by atoms with Crippen molar-refractivity contribution in [2.45, 2.75) is 33.2 Å². The number of carbonyl (C=O) groups excluding carboxylic acids is 3. The topological polar surface area (TPSA) is 75.7 Å². The van der Waals surface area contributed by atoms with Gasteiger partial charge in [0.1, 0.15) is 6.54 Å². The molecule has 0 aromatic heterocycles. The van der Waals surface area contributed by atoms with E-state index in [1.165, 1.54) is 37.1 Å². The van der Waals surface area contributed by atoms with Crippen LogP contribution in [0.3, 0.4) is 0 Å². The highest BCUT2D eigenvalue weighted by Gasteiger charge is 2.20. The summed E-state index contributed by atoms with van der Waals surface area (Å²) < 4.78 is 4.65. The maximum absolute atomic E-state index is 12.0. The van der Waals surface area contributed by atoms with Gasteiger partial charge in [0.2, 0.25) is 11.8 Å². The lowest BCUT2D eigenvalue weighted by Crippen LogP contribution is -2.42. The van der Waals surface area contributed by atoms with Crippen molar-refractivity contribution in [2.75, 3.05) is 18.6 Å². The first-order chi connectivity index (χ1) is 10.8. The van der Waals surface area contributed by atoms with E-state index in [9.17, 15) is 14.4 Å². The molecule has 0 fully saturated rings. The molecule has 1 N–H and O–H groups in total. The van der Waals surface area contributed by atoms with Crippen molar-refractivity contribution in [3.05, 3.63) is 28.8 Å². The minimum Gasteiger partial charge on any atom is -0.465 e. The highest BCUT2D eigenvalue weighted by Crippen LogP contribution is 2.27. The van der Waals surface area contributed by atoms with Gasteiger partial charge in [-0.15, -0.1) is 0 Å². The zero-order chi connectivity index (χ0) is 17.6. The van der Waals surface area contributed by atoms with E-state index in [-0.39, 0.29) is 35.0 Å². The van der Waals surface area contributed by atoms with Crippen molar-refractivity contribution in [3.8, 4) is 0 Å². The molecule has 0 spiro atoms. The lowest BCUT2D eigenvalue weighted by Gasteiger charge is -2.23. The van der Waals surface area contributed by atoms with Gasteiger partial charge in [-0.25, -0.2) is 4.79 Å². The van der Waals surface area contributed by atoms with Crippen LogP contribution >= 0.6 is 11.6 Å². The lowest BCUT2D eigenvalue weighted by molar-refractivity contribution is -0.123. The van der Waals surface area contributed by atoms with E-state index in [0.717, 1.165) is 6.42 Å². The second-order valence-electron chi connectivity index (χ2n) is 5.14. The van der Waals surface area contributed by atoms with Crippen LogP contribution in [0.5, 0.6) is 0 Å². The number of rotatable bonds is 6. The van der Waals surface area contributed by atoms with E-state index in [2.05, 4.69) is 10.1 Å². The normalized spacial score (nSPS) is 11.5. The van der Waals surface area contributed by atoms with Crippen LogP contribution in [0.4, 0.5) is 5.69 Å². The molecule has 1 unspecified atom stereocenters. The molecule has 6 nitrogen and oxygen atoms in total. The van der Waals surface area contributed by atoms with Crippen molar-refractivity contribution in [1.29, 1.82) is 0 Å². The van der Waals surface area contributed by atoms with Crippen LogP contribution in [0.1, 0.15) is 37.6 Å². The number of hydrogen-bond acceptors (Lipinski definition) is 4. The Morgan fingerprint density at radius 1 is 1.35 bits per heavy atom.